The minimum Gasteiger partial charge on any atom is -0.353 e. The monoisotopic (exact) mass is 263 g/mol. The molecule has 1 amide bonds. The second-order valence-electron chi connectivity index (χ2n) is 4.99. The Hall–Kier alpha value is -1.69. The fourth-order valence-corrected chi connectivity index (χ4v) is 2.22. The Kier molecular flexibility index (Phi) is 4.31. The van der Waals surface area contributed by atoms with E-state index in [-0.39, 0.29) is 5.91 Å². The van der Waals surface area contributed by atoms with E-state index >= 15 is 0 Å². The fraction of sp³-hybridized carbons (Fsp3) is 0.615. The van der Waals surface area contributed by atoms with Gasteiger partial charge in [-0.05, 0) is 32.4 Å². The van der Waals surface area contributed by atoms with Gasteiger partial charge >= 0.3 is 0 Å². The van der Waals surface area contributed by atoms with Gasteiger partial charge in [0.25, 0.3) is 0 Å². The average Bonchev–Trinajstić information content (AvgIpc) is 2.64. The second kappa shape index (κ2) is 5.97. The van der Waals surface area contributed by atoms with E-state index < -0.39 is 6.04 Å². The maximum absolute atomic E-state index is 11.9. The first-order valence-corrected chi connectivity index (χ1v) is 6.67. The largest absolute Gasteiger partial charge is 0.353 e. The molecule has 1 atom stereocenters. The lowest BCUT2D eigenvalue weighted by molar-refractivity contribution is -0.131. The number of carbonyl (C=O) groups excluding carboxylic acids is 1. The lowest BCUT2D eigenvalue weighted by Crippen LogP contribution is -2.43. The molecule has 19 heavy (non-hydrogen) atoms. The third-order valence-electron chi connectivity index (χ3n) is 3.30. The van der Waals surface area contributed by atoms with Crippen LogP contribution >= 0.6 is 0 Å². The van der Waals surface area contributed by atoms with Gasteiger partial charge in [0, 0.05) is 26.2 Å². The summed E-state index contributed by atoms with van der Waals surface area (Å²) in [4.78, 5) is 15.9. The van der Waals surface area contributed by atoms with Crippen LogP contribution in [0, 0.1) is 6.92 Å². The molecule has 1 aliphatic rings. The van der Waals surface area contributed by atoms with Gasteiger partial charge in [-0.1, -0.05) is 0 Å². The van der Waals surface area contributed by atoms with Crippen LogP contribution in [0.2, 0.25) is 0 Å². The summed E-state index contributed by atoms with van der Waals surface area (Å²) in [5.74, 6) is 0.900. The predicted molar refractivity (Wildman–Crippen MR) is 73.8 cm³/mol. The summed E-state index contributed by atoms with van der Waals surface area (Å²) in [6.45, 7) is 6.77. The highest BCUT2D eigenvalue weighted by Crippen LogP contribution is 2.13. The molecule has 1 aromatic heterocycles. The zero-order chi connectivity index (χ0) is 13.8. The number of rotatable bonds is 2. The summed E-state index contributed by atoms with van der Waals surface area (Å²) < 4.78 is 0. The van der Waals surface area contributed by atoms with Crippen molar-refractivity contribution in [2.45, 2.75) is 26.3 Å². The lowest BCUT2D eigenvalue weighted by atomic mass is 10.3. The van der Waals surface area contributed by atoms with Crippen molar-refractivity contribution in [2.75, 3.05) is 31.1 Å². The smallest absolute Gasteiger partial charge is 0.239 e. The average molecular weight is 263 g/mol. The summed E-state index contributed by atoms with van der Waals surface area (Å²) in [5, 5.41) is 8.27. The molecule has 2 rings (SSSR count). The van der Waals surface area contributed by atoms with Gasteiger partial charge in [-0.3, -0.25) is 4.79 Å². The molecule has 6 nitrogen and oxygen atoms in total. The molecule has 1 aromatic rings. The number of amides is 1. The first-order chi connectivity index (χ1) is 9.08. The predicted octanol–water partition coefficient (Wildman–Crippen LogP) is 0.171. The van der Waals surface area contributed by atoms with Gasteiger partial charge in [-0.15, -0.1) is 5.10 Å². The van der Waals surface area contributed by atoms with Crippen molar-refractivity contribution in [1.82, 2.24) is 15.1 Å². The van der Waals surface area contributed by atoms with E-state index in [1.807, 2.05) is 24.0 Å². The summed E-state index contributed by atoms with van der Waals surface area (Å²) in [6.07, 6.45) is 0.925. The third kappa shape index (κ3) is 3.41. The van der Waals surface area contributed by atoms with Gasteiger partial charge in [0.1, 0.15) is 0 Å². The van der Waals surface area contributed by atoms with Crippen molar-refractivity contribution in [1.29, 1.82) is 0 Å². The van der Waals surface area contributed by atoms with E-state index in [1.54, 1.807) is 6.92 Å². The first-order valence-electron chi connectivity index (χ1n) is 6.67. The molecule has 0 radical (unpaired) electrons. The molecule has 0 saturated carbocycles. The number of nitrogens with zero attached hydrogens (tertiary/aromatic N) is 4. The maximum atomic E-state index is 11.9. The number of hydrogen-bond donors (Lipinski definition) is 1. The van der Waals surface area contributed by atoms with E-state index in [2.05, 4.69) is 15.1 Å². The molecule has 0 bridgehead atoms. The summed E-state index contributed by atoms with van der Waals surface area (Å²) >= 11 is 0. The van der Waals surface area contributed by atoms with Gasteiger partial charge in [0.05, 0.1) is 11.7 Å². The lowest BCUT2D eigenvalue weighted by Gasteiger charge is -2.23. The minimum atomic E-state index is -0.425. The van der Waals surface area contributed by atoms with Gasteiger partial charge in [-0.2, -0.15) is 5.10 Å². The van der Waals surface area contributed by atoms with E-state index in [4.69, 9.17) is 5.73 Å². The summed E-state index contributed by atoms with van der Waals surface area (Å²) in [7, 11) is 0. The second-order valence-corrected chi connectivity index (χ2v) is 4.99. The molecule has 0 aliphatic carbocycles. The fourth-order valence-electron chi connectivity index (χ4n) is 2.22. The molecular weight excluding hydrogens is 242 g/mol. The standard InChI is InChI=1S/C13H21N5O/c1-10-4-5-12(16-15-10)17-6-3-7-18(9-8-17)13(19)11(2)14/h4-5,11H,3,6-9,14H2,1-2H3/t11-/m1/s1. The van der Waals surface area contributed by atoms with Gasteiger partial charge in [0.15, 0.2) is 5.82 Å². The van der Waals surface area contributed by atoms with Crippen LogP contribution in [0.4, 0.5) is 5.82 Å². The number of carbonyl (C=O) groups is 1. The van der Waals surface area contributed by atoms with Crippen LogP contribution in [0.15, 0.2) is 12.1 Å². The van der Waals surface area contributed by atoms with Crippen LogP contribution in [0.3, 0.4) is 0 Å². The number of anilines is 1. The number of aryl methyl sites for hydroxylation is 1. The Bertz CT molecular complexity index is 431. The van der Waals surface area contributed by atoms with Crippen LogP contribution in [0.1, 0.15) is 19.0 Å². The molecule has 6 heteroatoms. The topological polar surface area (TPSA) is 75.3 Å². The molecule has 2 N–H and O–H groups in total. The van der Waals surface area contributed by atoms with Crippen molar-refractivity contribution >= 4 is 11.7 Å². The molecule has 1 fully saturated rings. The van der Waals surface area contributed by atoms with Crippen molar-refractivity contribution < 1.29 is 4.79 Å². The van der Waals surface area contributed by atoms with Crippen LogP contribution in [0.5, 0.6) is 0 Å². The minimum absolute atomic E-state index is 0.0249. The van der Waals surface area contributed by atoms with E-state index in [0.717, 1.165) is 37.6 Å². The Balaban J connectivity index is 2.00. The van der Waals surface area contributed by atoms with E-state index in [9.17, 15) is 4.79 Å². The van der Waals surface area contributed by atoms with Crippen molar-refractivity contribution in [3.63, 3.8) is 0 Å². The molecular formula is C13H21N5O. The SMILES string of the molecule is Cc1ccc(N2CCCN(C(=O)[C@@H](C)N)CC2)nn1. The summed E-state index contributed by atoms with van der Waals surface area (Å²) in [5.41, 5.74) is 6.56. The van der Waals surface area contributed by atoms with Crippen LogP contribution in [-0.4, -0.2) is 53.2 Å². The van der Waals surface area contributed by atoms with Crippen molar-refractivity contribution in [3.05, 3.63) is 17.8 Å². The number of hydrogen-bond acceptors (Lipinski definition) is 5. The van der Waals surface area contributed by atoms with Crippen LogP contribution in [0.25, 0.3) is 0 Å². The Morgan fingerprint density at radius 3 is 2.68 bits per heavy atom. The molecule has 0 unspecified atom stereocenters. The molecule has 0 spiro atoms. The highest BCUT2D eigenvalue weighted by molar-refractivity contribution is 5.81. The number of aromatic nitrogens is 2. The van der Waals surface area contributed by atoms with E-state index in [0.29, 0.717) is 6.54 Å². The highest BCUT2D eigenvalue weighted by atomic mass is 16.2. The molecule has 2 heterocycles. The first kappa shape index (κ1) is 13.7. The Labute approximate surface area is 113 Å². The molecule has 104 valence electrons. The third-order valence-corrected chi connectivity index (χ3v) is 3.30. The normalized spacial score (nSPS) is 18.1. The van der Waals surface area contributed by atoms with Gasteiger partial charge in [0.2, 0.25) is 5.91 Å². The van der Waals surface area contributed by atoms with E-state index in [1.165, 1.54) is 0 Å². The maximum Gasteiger partial charge on any atom is 0.239 e. The molecule has 0 aromatic carbocycles. The highest BCUT2D eigenvalue weighted by Gasteiger charge is 2.21. The Morgan fingerprint density at radius 2 is 2.05 bits per heavy atom. The number of nitrogens with two attached hydrogens (primary N) is 1. The van der Waals surface area contributed by atoms with Crippen LogP contribution < -0.4 is 10.6 Å². The molecule has 1 saturated heterocycles. The quantitative estimate of drug-likeness (QED) is 0.823. The van der Waals surface area contributed by atoms with Crippen molar-refractivity contribution in [3.8, 4) is 0 Å². The summed E-state index contributed by atoms with van der Waals surface area (Å²) in [6, 6.07) is 3.51. The van der Waals surface area contributed by atoms with Gasteiger partial charge < -0.3 is 15.5 Å². The zero-order valence-corrected chi connectivity index (χ0v) is 11.5. The van der Waals surface area contributed by atoms with Gasteiger partial charge in [-0.25, -0.2) is 0 Å². The van der Waals surface area contributed by atoms with Crippen molar-refractivity contribution in [2.24, 2.45) is 5.73 Å². The Morgan fingerprint density at radius 1 is 1.26 bits per heavy atom. The molecule has 1 aliphatic heterocycles. The zero-order valence-electron chi connectivity index (χ0n) is 11.5. The van der Waals surface area contributed by atoms with Crippen LogP contribution in [-0.2, 0) is 4.79 Å².